The van der Waals surface area contributed by atoms with Crippen molar-refractivity contribution in [3.8, 4) is 17.2 Å². The Balaban J connectivity index is 1.67. The number of nitrogens with two attached hydrogens (primary N) is 1. The number of hydrogen-bond donors (Lipinski definition) is 5. The first-order valence-electron chi connectivity index (χ1n) is 12.5. The summed E-state index contributed by atoms with van der Waals surface area (Å²) in [6, 6.07) is 16.2. The molecule has 0 aliphatic rings. The van der Waals surface area contributed by atoms with E-state index < -0.39 is 64.3 Å². The number of anilines is 1. The fourth-order valence-corrected chi connectivity index (χ4v) is 5.77. The molecule has 0 spiro atoms. The molecule has 0 amide bonds. The second-order valence-corrected chi connectivity index (χ2v) is 12.8. The summed E-state index contributed by atoms with van der Waals surface area (Å²) in [5.74, 6) is -0.601. The Labute approximate surface area is 262 Å². The third kappa shape index (κ3) is 6.78. The molecule has 46 heavy (non-hydrogen) atoms. The predicted molar refractivity (Wildman–Crippen MR) is 166 cm³/mol. The van der Waals surface area contributed by atoms with E-state index in [2.05, 4.69) is 20.5 Å². The van der Waals surface area contributed by atoms with E-state index in [1.807, 2.05) is 0 Å². The van der Waals surface area contributed by atoms with Crippen molar-refractivity contribution in [3.05, 3.63) is 72.8 Å². The number of hydrogen-bond acceptors (Lipinski definition) is 13. The van der Waals surface area contributed by atoms with Gasteiger partial charge in [-0.3, -0.25) is 13.7 Å². The largest absolute Gasteiger partial charge is 0.505 e. The quantitative estimate of drug-likeness (QED) is 0.0507. The highest BCUT2D eigenvalue weighted by molar-refractivity contribution is 7.86. The van der Waals surface area contributed by atoms with Crippen LogP contribution in [0.25, 0.3) is 21.5 Å². The zero-order valence-electron chi connectivity index (χ0n) is 23.2. The topological polar surface area (TPSA) is 260 Å². The van der Waals surface area contributed by atoms with Crippen molar-refractivity contribution >= 4 is 81.6 Å². The zero-order chi connectivity index (χ0) is 33.4. The molecule has 238 valence electrons. The van der Waals surface area contributed by atoms with Crippen LogP contribution in [0, 0.1) is 0 Å². The minimum atomic E-state index is -4.77. The van der Waals surface area contributed by atoms with Crippen molar-refractivity contribution in [2.75, 3.05) is 12.8 Å². The van der Waals surface area contributed by atoms with Crippen LogP contribution < -0.4 is 14.7 Å². The molecule has 0 saturated heterocycles. The minimum Gasteiger partial charge on any atom is -0.505 e. The maximum absolute atomic E-state index is 11.9. The number of azo groups is 2. The van der Waals surface area contributed by atoms with Gasteiger partial charge in [-0.15, -0.1) is 15.3 Å². The van der Waals surface area contributed by atoms with Crippen LogP contribution in [-0.4, -0.2) is 46.9 Å². The average molecular weight is 688 g/mol. The van der Waals surface area contributed by atoms with Crippen LogP contribution in [0.1, 0.15) is 0 Å². The Morgan fingerprint density at radius 1 is 0.761 bits per heavy atom. The summed E-state index contributed by atoms with van der Waals surface area (Å²) in [7, 11) is -7.91. The molecule has 1 unspecified atom stereocenters. The number of methoxy groups -OCH3 is 1. The number of rotatable bonds is 9. The third-order valence-corrected chi connectivity index (χ3v) is 8.54. The van der Waals surface area contributed by atoms with Gasteiger partial charge in [0.2, 0.25) is 0 Å². The van der Waals surface area contributed by atoms with Crippen LogP contribution in [0.15, 0.2) is 103 Å². The number of phenolic OH excluding ortho intramolecular Hbond substituents is 1. The van der Waals surface area contributed by atoms with Crippen LogP contribution in [0.4, 0.5) is 28.4 Å². The molecule has 5 rings (SSSR count). The summed E-state index contributed by atoms with van der Waals surface area (Å²) < 4.78 is 97.3. The molecule has 1 atom stereocenters. The molecule has 0 aliphatic heterocycles. The zero-order valence-corrected chi connectivity index (χ0v) is 25.6. The normalized spacial score (nSPS) is 13.1. The Morgan fingerprint density at radius 3 is 2.02 bits per heavy atom. The Kier molecular flexibility index (Phi) is 8.71. The average Bonchev–Trinajstić information content (AvgIpc) is 2.99. The van der Waals surface area contributed by atoms with Crippen molar-refractivity contribution in [3.63, 3.8) is 0 Å². The highest BCUT2D eigenvalue weighted by atomic mass is 32.2. The maximum Gasteiger partial charge on any atom is 0.357 e. The van der Waals surface area contributed by atoms with Gasteiger partial charge in [-0.1, -0.05) is 6.07 Å². The number of phenols is 1. The lowest BCUT2D eigenvalue weighted by Crippen LogP contribution is -2.03. The van der Waals surface area contributed by atoms with Crippen molar-refractivity contribution < 1.29 is 48.7 Å². The third-order valence-electron chi connectivity index (χ3n) is 6.46. The first-order chi connectivity index (χ1) is 21.7. The van der Waals surface area contributed by atoms with Gasteiger partial charge in [0.1, 0.15) is 10.6 Å². The standard InChI is InChI=1S/C27H21N5O11S3/c1-42-16-4-2-15(3-5-16)29-30-22-8-9-23(20-12-17(45(36,37)38)6-7-18(20)22)31-32-26-24(43-44(34)35)10-14-11-25(46(39,40)41)21(28)13-19(14)27(26)33/h2-13,33H,28H2,1H3,(H,34,35)(H,36,37,38)(H,39,40,41). The maximum atomic E-state index is 11.9. The van der Waals surface area contributed by atoms with E-state index in [1.54, 1.807) is 24.3 Å². The van der Waals surface area contributed by atoms with Gasteiger partial charge < -0.3 is 19.8 Å². The van der Waals surface area contributed by atoms with Crippen LogP contribution in [-0.2, 0) is 31.6 Å². The number of fused-ring (bicyclic) bond motifs is 2. The summed E-state index contributed by atoms with van der Waals surface area (Å²) in [4.78, 5) is -1.16. The van der Waals surface area contributed by atoms with Crippen molar-refractivity contribution in [2.45, 2.75) is 9.79 Å². The lowest BCUT2D eigenvalue weighted by Gasteiger charge is -2.12. The second-order valence-electron chi connectivity index (χ2n) is 9.34. The molecule has 19 heteroatoms. The molecule has 0 fully saturated rings. The molecule has 0 bridgehead atoms. The first kappa shape index (κ1) is 32.3. The first-order valence-corrected chi connectivity index (χ1v) is 16.4. The second kappa shape index (κ2) is 12.4. The Hall–Kier alpha value is -5.05. The summed E-state index contributed by atoms with van der Waals surface area (Å²) in [6.07, 6.45) is 0. The van der Waals surface area contributed by atoms with E-state index in [9.17, 15) is 39.8 Å². The van der Waals surface area contributed by atoms with Gasteiger partial charge in [0, 0.05) is 16.2 Å². The molecule has 5 aromatic carbocycles. The van der Waals surface area contributed by atoms with Gasteiger partial charge in [0.05, 0.1) is 34.8 Å². The molecule has 5 aromatic rings. The van der Waals surface area contributed by atoms with E-state index in [0.717, 1.165) is 30.3 Å². The molecular weight excluding hydrogens is 667 g/mol. The van der Waals surface area contributed by atoms with E-state index in [4.69, 9.17) is 14.7 Å². The molecule has 0 radical (unpaired) electrons. The summed E-state index contributed by atoms with van der Waals surface area (Å²) in [6.45, 7) is 0. The highest BCUT2D eigenvalue weighted by Crippen LogP contribution is 2.46. The van der Waals surface area contributed by atoms with E-state index in [1.165, 1.54) is 25.3 Å². The number of benzene rings is 5. The Morgan fingerprint density at radius 2 is 1.41 bits per heavy atom. The fourth-order valence-electron chi connectivity index (χ4n) is 4.35. The lowest BCUT2D eigenvalue weighted by atomic mass is 10.1. The monoisotopic (exact) mass is 687 g/mol. The predicted octanol–water partition coefficient (Wildman–Crippen LogP) is 6.13. The van der Waals surface area contributed by atoms with Gasteiger partial charge in [-0.2, -0.15) is 26.2 Å². The van der Waals surface area contributed by atoms with Crippen LogP contribution in [0.2, 0.25) is 0 Å². The lowest BCUT2D eigenvalue weighted by molar-refractivity contribution is 0.415. The van der Waals surface area contributed by atoms with Crippen molar-refractivity contribution in [1.29, 1.82) is 0 Å². The summed E-state index contributed by atoms with van der Waals surface area (Å²) in [5.41, 5.74) is 5.62. The van der Waals surface area contributed by atoms with Gasteiger partial charge in [0.25, 0.3) is 20.2 Å². The van der Waals surface area contributed by atoms with Crippen LogP contribution in [0.3, 0.4) is 0 Å². The molecule has 0 saturated carbocycles. The summed E-state index contributed by atoms with van der Waals surface area (Å²) in [5, 5.41) is 27.9. The number of ether oxygens (including phenoxy) is 1. The van der Waals surface area contributed by atoms with E-state index in [-0.39, 0.29) is 27.5 Å². The molecule has 16 nitrogen and oxygen atoms in total. The van der Waals surface area contributed by atoms with Crippen LogP contribution >= 0.6 is 0 Å². The number of nitrogens with zero attached hydrogens (tertiary/aromatic N) is 4. The van der Waals surface area contributed by atoms with Crippen molar-refractivity contribution in [1.82, 2.24) is 0 Å². The molecular formula is C27H21N5O11S3. The molecule has 0 heterocycles. The smallest absolute Gasteiger partial charge is 0.357 e. The highest BCUT2D eigenvalue weighted by Gasteiger charge is 2.22. The van der Waals surface area contributed by atoms with E-state index in [0.29, 0.717) is 16.8 Å². The van der Waals surface area contributed by atoms with Gasteiger partial charge in [0.15, 0.2) is 17.2 Å². The number of nitrogen functional groups attached to an aromatic ring is 1. The molecule has 0 aliphatic carbocycles. The van der Waals surface area contributed by atoms with E-state index >= 15 is 0 Å². The number of aromatic hydroxyl groups is 1. The fraction of sp³-hybridized carbons (Fsp3) is 0.0370. The van der Waals surface area contributed by atoms with Gasteiger partial charge in [-0.05, 0) is 72.1 Å². The minimum absolute atomic E-state index is 0.000649. The molecule has 6 N–H and O–H groups in total. The Bertz CT molecular complexity index is 2330. The van der Waals surface area contributed by atoms with Crippen LogP contribution in [0.5, 0.6) is 17.2 Å². The summed E-state index contributed by atoms with van der Waals surface area (Å²) >= 11 is -2.94. The van der Waals surface area contributed by atoms with Crippen molar-refractivity contribution in [2.24, 2.45) is 20.5 Å². The molecule has 0 aromatic heterocycles. The SMILES string of the molecule is COc1ccc(N=Nc2ccc(N=Nc3c(OS(=O)O)cc4cc(S(=O)(=O)O)c(N)cc4c3O)c3cc(S(=O)(=O)O)ccc23)cc1. The van der Waals surface area contributed by atoms with Gasteiger partial charge >= 0.3 is 11.4 Å². The van der Waals surface area contributed by atoms with Gasteiger partial charge in [-0.25, -0.2) is 0 Å².